The first-order chi connectivity index (χ1) is 15.3. The molecule has 0 aliphatic carbocycles. The smallest absolute Gasteiger partial charge is 0.265 e. The van der Waals surface area contributed by atoms with Crippen molar-refractivity contribution in [1.82, 2.24) is 0 Å². The van der Waals surface area contributed by atoms with E-state index in [1.165, 1.54) is 11.3 Å². The minimum Gasteiger partial charge on any atom is -0.479 e. The number of thiophene rings is 1. The Labute approximate surface area is 192 Å². The highest BCUT2D eigenvalue weighted by Crippen LogP contribution is 2.42. The number of carbonyl (C=O) groups is 1. The summed E-state index contributed by atoms with van der Waals surface area (Å²) in [6, 6.07) is 8.72. The molecule has 1 N–H and O–H groups in total. The number of anilines is 1. The van der Waals surface area contributed by atoms with E-state index in [0.29, 0.717) is 45.4 Å². The highest BCUT2D eigenvalue weighted by molar-refractivity contribution is 7.21. The van der Waals surface area contributed by atoms with E-state index in [0.717, 1.165) is 21.4 Å². The molecule has 3 heterocycles. The Morgan fingerprint density at radius 1 is 1.28 bits per heavy atom. The molecule has 0 fully saturated rings. The van der Waals surface area contributed by atoms with E-state index in [-0.39, 0.29) is 11.5 Å². The standard InChI is InChI=1S/C24H19ClF2N2O2S/c1-11-5-6-28-21(22-20(23(26)27)16-9-14(25)3-4-19(16)32-22)15-10-18-17(8-13(15)7-11)29-24(30)12(2)31-18/h3-5,8-10,12,23H,6-7H2,1-2H3,(H,29,30). The summed E-state index contributed by atoms with van der Waals surface area (Å²) in [5.74, 6) is 0.291. The van der Waals surface area contributed by atoms with E-state index < -0.39 is 12.5 Å². The summed E-state index contributed by atoms with van der Waals surface area (Å²) >= 11 is 7.40. The lowest BCUT2D eigenvalue weighted by molar-refractivity contribution is -0.122. The van der Waals surface area contributed by atoms with Crippen molar-refractivity contribution in [3.8, 4) is 5.75 Å². The fourth-order valence-corrected chi connectivity index (χ4v) is 5.48. The largest absolute Gasteiger partial charge is 0.479 e. The maximum Gasteiger partial charge on any atom is 0.265 e. The lowest BCUT2D eigenvalue weighted by Crippen LogP contribution is -2.34. The molecule has 0 spiro atoms. The van der Waals surface area contributed by atoms with Gasteiger partial charge in [-0.3, -0.25) is 9.79 Å². The second-order valence-corrected chi connectivity index (χ2v) is 9.45. The van der Waals surface area contributed by atoms with Crippen molar-refractivity contribution in [3.05, 3.63) is 68.6 Å². The molecule has 1 unspecified atom stereocenters. The van der Waals surface area contributed by atoms with Gasteiger partial charge in [0.25, 0.3) is 12.3 Å². The van der Waals surface area contributed by atoms with Gasteiger partial charge in [-0.1, -0.05) is 23.3 Å². The van der Waals surface area contributed by atoms with Gasteiger partial charge in [0.1, 0.15) is 5.75 Å². The average molecular weight is 473 g/mol. The number of allylic oxidation sites excluding steroid dienone is 1. The van der Waals surface area contributed by atoms with Crippen LogP contribution in [0.3, 0.4) is 0 Å². The van der Waals surface area contributed by atoms with Crippen LogP contribution in [0.25, 0.3) is 10.1 Å². The first-order valence-corrected chi connectivity index (χ1v) is 11.4. The summed E-state index contributed by atoms with van der Waals surface area (Å²) < 4.78 is 35.1. The Hall–Kier alpha value is -2.77. The molecule has 0 bridgehead atoms. The van der Waals surface area contributed by atoms with E-state index in [4.69, 9.17) is 21.3 Å². The van der Waals surface area contributed by atoms with Gasteiger partial charge in [-0.15, -0.1) is 11.3 Å². The first-order valence-electron chi connectivity index (χ1n) is 10.2. The molecule has 0 radical (unpaired) electrons. The fraction of sp³-hybridized carbons (Fsp3) is 0.250. The van der Waals surface area contributed by atoms with Gasteiger partial charge in [0, 0.05) is 26.2 Å². The van der Waals surface area contributed by atoms with Gasteiger partial charge in [-0.2, -0.15) is 0 Å². The Morgan fingerprint density at radius 3 is 2.88 bits per heavy atom. The Balaban J connectivity index is 1.76. The number of fused-ring (bicyclic) bond motifs is 3. The highest BCUT2D eigenvalue weighted by atomic mass is 35.5. The van der Waals surface area contributed by atoms with Gasteiger partial charge in [0.15, 0.2) is 6.10 Å². The van der Waals surface area contributed by atoms with E-state index in [9.17, 15) is 13.6 Å². The minimum atomic E-state index is -2.68. The SMILES string of the molecule is CC1=CCN=C(c2sc3ccc(Cl)cc3c2C(F)F)c2cc3c(cc2C1)NC(=O)C(C)O3. The molecule has 164 valence electrons. The molecule has 0 saturated heterocycles. The highest BCUT2D eigenvalue weighted by Gasteiger charge is 2.29. The van der Waals surface area contributed by atoms with Crippen molar-refractivity contribution in [1.29, 1.82) is 0 Å². The first kappa shape index (κ1) is 21.1. The van der Waals surface area contributed by atoms with Crippen LogP contribution in [-0.2, 0) is 11.2 Å². The monoisotopic (exact) mass is 472 g/mol. The number of hydrogen-bond donors (Lipinski definition) is 1. The summed E-state index contributed by atoms with van der Waals surface area (Å²) in [6.07, 6.45) is -0.710. The van der Waals surface area contributed by atoms with Gasteiger partial charge in [-0.05, 0) is 56.2 Å². The number of hydrogen-bond acceptors (Lipinski definition) is 4. The summed E-state index contributed by atoms with van der Waals surface area (Å²) in [7, 11) is 0. The number of nitrogens with zero attached hydrogens (tertiary/aromatic N) is 1. The van der Waals surface area contributed by atoms with Crippen LogP contribution in [0.4, 0.5) is 14.5 Å². The molecule has 0 saturated carbocycles. The number of benzene rings is 2. The van der Waals surface area contributed by atoms with E-state index >= 15 is 0 Å². The summed E-state index contributed by atoms with van der Waals surface area (Å²) in [6.45, 7) is 4.07. The summed E-state index contributed by atoms with van der Waals surface area (Å²) in [5, 5.41) is 3.72. The van der Waals surface area contributed by atoms with Crippen LogP contribution in [0.2, 0.25) is 5.02 Å². The van der Waals surface area contributed by atoms with Crippen molar-refractivity contribution < 1.29 is 18.3 Å². The predicted molar refractivity (Wildman–Crippen MR) is 125 cm³/mol. The van der Waals surface area contributed by atoms with Crippen molar-refractivity contribution in [2.24, 2.45) is 4.99 Å². The number of aliphatic imine (C=N–C) groups is 1. The van der Waals surface area contributed by atoms with Crippen LogP contribution in [-0.4, -0.2) is 24.3 Å². The molecule has 8 heteroatoms. The van der Waals surface area contributed by atoms with Crippen molar-refractivity contribution in [3.63, 3.8) is 0 Å². The lowest BCUT2D eigenvalue weighted by atomic mass is 9.92. The van der Waals surface area contributed by atoms with Crippen LogP contribution < -0.4 is 10.1 Å². The third-order valence-corrected chi connectivity index (χ3v) is 7.10. The van der Waals surface area contributed by atoms with Crippen LogP contribution in [0, 0.1) is 0 Å². The summed E-state index contributed by atoms with van der Waals surface area (Å²) in [4.78, 5) is 17.2. The maximum atomic E-state index is 14.3. The van der Waals surface area contributed by atoms with Crippen LogP contribution >= 0.6 is 22.9 Å². The molecular weight excluding hydrogens is 454 g/mol. The Bertz CT molecular complexity index is 1330. The number of carbonyl (C=O) groups excluding carboxylic acids is 1. The molecule has 2 aromatic carbocycles. The Kier molecular flexibility index (Phi) is 5.26. The van der Waals surface area contributed by atoms with E-state index in [1.54, 1.807) is 25.1 Å². The molecule has 4 nitrogen and oxygen atoms in total. The van der Waals surface area contributed by atoms with Crippen LogP contribution in [0.5, 0.6) is 5.75 Å². The molecule has 32 heavy (non-hydrogen) atoms. The number of nitrogens with one attached hydrogen (secondary N) is 1. The molecule has 2 aliphatic heterocycles. The molecule has 1 aromatic heterocycles. The number of ether oxygens (including phenoxy) is 1. The quantitative estimate of drug-likeness (QED) is 0.430. The molecule has 5 rings (SSSR count). The second-order valence-electron chi connectivity index (χ2n) is 7.96. The molecule has 3 aromatic rings. The van der Waals surface area contributed by atoms with Crippen molar-refractivity contribution >= 4 is 50.3 Å². The van der Waals surface area contributed by atoms with Crippen molar-refractivity contribution in [2.75, 3.05) is 11.9 Å². The average Bonchev–Trinajstić information content (AvgIpc) is 3.09. The van der Waals surface area contributed by atoms with Gasteiger partial charge in [0.05, 0.1) is 22.8 Å². The van der Waals surface area contributed by atoms with Crippen LogP contribution in [0.15, 0.2) is 47.0 Å². The number of amides is 1. The van der Waals surface area contributed by atoms with Gasteiger partial charge in [-0.25, -0.2) is 8.78 Å². The van der Waals surface area contributed by atoms with E-state index in [2.05, 4.69) is 5.32 Å². The normalized spacial score (nSPS) is 18.2. The molecular formula is C24H19ClF2N2O2S. The van der Waals surface area contributed by atoms with Gasteiger partial charge >= 0.3 is 0 Å². The third-order valence-electron chi connectivity index (χ3n) is 5.67. The lowest BCUT2D eigenvalue weighted by Gasteiger charge is -2.26. The number of halogens is 3. The zero-order valence-electron chi connectivity index (χ0n) is 17.3. The molecule has 1 amide bonds. The van der Waals surface area contributed by atoms with Gasteiger partial charge in [0.2, 0.25) is 0 Å². The number of alkyl halides is 2. The fourth-order valence-electron chi connectivity index (χ4n) is 4.09. The van der Waals surface area contributed by atoms with Gasteiger partial charge < -0.3 is 10.1 Å². The number of rotatable bonds is 2. The van der Waals surface area contributed by atoms with Crippen molar-refractivity contribution in [2.45, 2.75) is 32.8 Å². The van der Waals surface area contributed by atoms with Crippen LogP contribution in [0.1, 0.15) is 41.8 Å². The zero-order chi connectivity index (χ0) is 22.6. The summed E-state index contributed by atoms with van der Waals surface area (Å²) in [5.41, 5.74) is 3.77. The molecule has 2 aliphatic rings. The topological polar surface area (TPSA) is 50.7 Å². The predicted octanol–water partition coefficient (Wildman–Crippen LogP) is 6.55. The Morgan fingerprint density at radius 2 is 2.09 bits per heavy atom. The minimum absolute atomic E-state index is 0.0567. The second kappa shape index (κ2) is 7.98. The zero-order valence-corrected chi connectivity index (χ0v) is 18.9. The maximum absolute atomic E-state index is 14.3. The molecule has 1 atom stereocenters. The third kappa shape index (κ3) is 3.59. The van der Waals surface area contributed by atoms with E-state index in [1.807, 2.05) is 25.1 Å².